The van der Waals surface area contributed by atoms with Crippen molar-refractivity contribution in [2.45, 2.75) is 57.6 Å². The van der Waals surface area contributed by atoms with Gasteiger partial charge in [0.25, 0.3) is 0 Å². The Bertz CT molecular complexity index is 1680. The highest BCUT2D eigenvalue weighted by Crippen LogP contribution is 2.35. The number of halogens is 4. The standard InChI is InChI=1S/C30H36F4N8O3/c1-17(35)3-2-4-19-11-23(26(31)25(12-19)45-30(32,33)34)24-13-20-15-42(29(44)41-27(20)40-24)22-7-5-18(6-8-22)14-39-21(16-43)9-10-38-28(36)37/h5-8,11-13,15,17,21,39,43H,2-4,9-10,14,16,35H2,1H3,(H4,36,37,38)(H,40,41,44)/t17-,21-/m0/s1. The maximum atomic E-state index is 15.4. The molecule has 2 aromatic carbocycles. The quantitative estimate of drug-likeness (QED) is 0.0696. The molecule has 0 fully saturated rings. The van der Waals surface area contributed by atoms with Crippen molar-refractivity contribution in [3.8, 4) is 22.7 Å². The molecule has 4 aromatic rings. The Balaban J connectivity index is 1.58. The average molecular weight is 633 g/mol. The van der Waals surface area contributed by atoms with E-state index in [4.69, 9.17) is 17.2 Å². The molecule has 2 atom stereocenters. The van der Waals surface area contributed by atoms with Crippen LogP contribution in [0.1, 0.15) is 37.3 Å². The van der Waals surface area contributed by atoms with Crippen LogP contribution in [0.3, 0.4) is 0 Å². The minimum Gasteiger partial charge on any atom is -0.403 e. The molecule has 2 aromatic heterocycles. The number of aliphatic hydroxyl groups excluding tert-OH is 1. The average Bonchev–Trinajstić information content (AvgIpc) is 3.37. The Labute approximate surface area is 256 Å². The monoisotopic (exact) mass is 632 g/mol. The van der Waals surface area contributed by atoms with Crippen LogP contribution in [0.4, 0.5) is 17.6 Å². The molecule has 0 radical (unpaired) electrons. The predicted octanol–water partition coefficient (Wildman–Crippen LogP) is 3.20. The highest BCUT2D eigenvalue weighted by Gasteiger charge is 2.33. The first kappa shape index (κ1) is 33.4. The molecule has 0 aliphatic carbocycles. The number of ether oxygens (including phenoxy) is 1. The number of nitrogens with zero attached hydrogens (tertiary/aromatic N) is 3. The van der Waals surface area contributed by atoms with Gasteiger partial charge in [0, 0.05) is 42.3 Å². The molecule has 0 aliphatic heterocycles. The molecule has 0 aliphatic rings. The van der Waals surface area contributed by atoms with Crippen LogP contribution in [-0.2, 0) is 13.0 Å². The van der Waals surface area contributed by atoms with E-state index in [1.165, 1.54) is 22.9 Å². The van der Waals surface area contributed by atoms with Crippen molar-refractivity contribution in [3.05, 3.63) is 76.1 Å². The number of aliphatic imine (C=N–C) groups is 1. The van der Waals surface area contributed by atoms with Crippen molar-refractivity contribution < 1.29 is 27.4 Å². The van der Waals surface area contributed by atoms with Crippen LogP contribution in [0.5, 0.6) is 5.75 Å². The van der Waals surface area contributed by atoms with Crippen molar-refractivity contribution in [1.29, 1.82) is 0 Å². The van der Waals surface area contributed by atoms with E-state index in [1.807, 2.05) is 6.92 Å². The lowest BCUT2D eigenvalue weighted by atomic mass is 10.0. The first-order chi connectivity index (χ1) is 21.3. The zero-order chi connectivity index (χ0) is 32.7. The number of aromatic nitrogens is 3. The number of aryl methyl sites for hydroxylation is 1. The minimum absolute atomic E-state index is 0.0177. The van der Waals surface area contributed by atoms with Gasteiger partial charge < -0.3 is 37.3 Å². The summed E-state index contributed by atoms with van der Waals surface area (Å²) in [7, 11) is 0. The van der Waals surface area contributed by atoms with E-state index in [2.05, 4.69) is 25.0 Å². The van der Waals surface area contributed by atoms with Crippen LogP contribution in [0.2, 0.25) is 0 Å². The number of nitrogens with one attached hydrogen (secondary N) is 2. The molecule has 4 rings (SSSR count). The number of fused-ring (bicyclic) bond motifs is 1. The van der Waals surface area contributed by atoms with Crippen molar-refractivity contribution >= 4 is 17.0 Å². The van der Waals surface area contributed by atoms with E-state index < -0.39 is 23.6 Å². The molecule has 15 heteroatoms. The van der Waals surface area contributed by atoms with E-state index in [9.17, 15) is 23.1 Å². The van der Waals surface area contributed by atoms with E-state index in [0.29, 0.717) is 55.4 Å². The lowest BCUT2D eigenvalue weighted by Crippen LogP contribution is -2.33. The number of guanidine groups is 1. The number of aliphatic hydroxyl groups is 1. The second-order valence-corrected chi connectivity index (χ2v) is 10.8. The van der Waals surface area contributed by atoms with E-state index in [-0.39, 0.29) is 41.6 Å². The third-order valence-electron chi connectivity index (χ3n) is 7.05. The molecule has 0 bridgehead atoms. The minimum atomic E-state index is -5.09. The number of alkyl halides is 3. The SMILES string of the molecule is C[C@H](N)CCCc1cc(OC(F)(F)F)c(F)c(-c2cc3cn(-c4ccc(CN[C@H](CO)CCN=C(N)N)cc4)c(=O)nc3[nH]2)c1. The van der Waals surface area contributed by atoms with Crippen molar-refractivity contribution in [2.75, 3.05) is 13.2 Å². The van der Waals surface area contributed by atoms with Crippen molar-refractivity contribution in [3.63, 3.8) is 0 Å². The summed E-state index contributed by atoms with van der Waals surface area (Å²) >= 11 is 0. The summed E-state index contributed by atoms with van der Waals surface area (Å²) < 4.78 is 59.8. The van der Waals surface area contributed by atoms with Crippen LogP contribution in [0.25, 0.3) is 28.0 Å². The van der Waals surface area contributed by atoms with Crippen LogP contribution in [0.15, 0.2) is 58.4 Å². The topological polar surface area (TPSA) is 183 Å². The number of benzene rings is 2. The third kappa shape index (κ3) is 9.26. The van der Waals surface area contributed by atoms with Crippen LogP contribution >= 0.6 is 0 Å². The molecule has 11 nitrogen and oxygen atoms in total. The van der Waals surface area contributed by atoms with Crippen molar-refractivity contribution in [1.82, 2.24) is 19.9 Å². The van der Waals surface area contributed by atoms with Gasteiger partial charge in [-0.2, -0.15) is 4.98 Å². The van der Waals surface area contributed by atoms with Crippen LogP contribution in [-0.4, -0.2) is 57.2 Å². The largest absolute Gasteiger partial charge is 0.573 e. The molecule has 9 N–H and O–H groups in total. The van der Waals surface area contributed by atoms with Gasteiger partial charge in [0.1, 0.15) is 5.65 Å². The molecule has 2 heterocycles. The Morgan fingerprint density at radius 2 is 1.89 bits per heavy atom. The molecular weight excluding hydrogens is 596 g/mol. The number of aromatic amines is 1. The number of rotatable bonds is 14. The van der Waals surface area contributed by atoms with Gasteiger partial charge in [0.15, 0.2) is 17.5 Å². The van der Waals surface area contributed by atoms with Gasteiger partial charge in [-0.15, -0.1) is 13.2 Å². The molecule has 0 unspecified atom stereocenters. The van der Waals surface area contributed by atoms with Gasteiger partial charge in [-0.1, -0.05) is 12.1 Å². The highest BCUT2D eigenvalue weighted by atomic mass is 19.4. The van der Waals surface area contributed by atoms with Crippen LogP contribution < -0.4 is 32.9 Å². The van der Waals surface area contributed by atoms with Crippen LogP contribution in [0, 0.1) is 5.82 Å². The molecule has 0 saturated heterocycles. The second kappa shape index (κ2) is 14.5. The Kier molecular flexibility index (Phi) is 10.8. The maximum absolute atomic E-state index is 15.4. The number of nitrogens with two attached hydrogens (primary N) is 3. The summed E-state index contributed by atoms with van der Waals surface area (Å²) in [6, 6.07) is 10.7. The summed E-state index contributed by atoms with van der Waals surface area (Å²) in [5, 5.41) is 13.2. The van der Waals surface area contributed by atoms with E-state index >= 15 is 4.39 Å². The highest BCUT2D eigenvalue weighted by molar-refractivity contribution is 5.83. The van der Waals surface area contributed by atoms with Gasteiger partial charge in [-0.3, -0.25) is 9.56 Å². The Morgan fingerprint density at radius 1 is 1.16 bits per heavy atom. The van der Waals surface area contributed by atoms with Gasteiger partial charge in [-0.05, 0) is 74.1 Å². The fourth-order valence-corrected chi connectivity index (χ4v) is 4.79. The number of hydrogen-bond acceptors (Lipinski definition) is 7. The van der Waals surface area contributed by atoms with Gasteiger partial charge in [-0.25, -0.2) is 9.18 Å². The summed E-state index contributed by atoms with van der Waals surface area (Å²) in [6.45, 7) is 2.53. The normalized spacial score (nSPS) is 13.1. The zero-order valence-corrected chi connectivity index (χ0v) is 24.6. The predicted molar refractivity (Wildman–Crippen MR) is 163 cm³/mol. The summed E-state index contributed by atoms with van der Waals surface area (Å²) in [6.07, 6.45) is -1.47. The Morgan fingerprint density at radius 3 is 2.53 bits per heavy atom. The second-order valence-electron chi connectivity index (χ2n) is 10.8. The fraction of sp³-hybridized carbons (Fsp3) is 0.367. The van der Waals surface area contributed by atoms with Crippen molar-refractivity contribution in [2.24, 2.45) is 22.2 Å². The summed E-state index contributed by atoms with van der Waals surface area (Å²) in [4.78, 5) is 23.7. The molecule has 242 valence electrons. The molecule has 0 saturated carbocycles. The summed E-state index contributed by atoms with van der Waals surface area (Å²) in [5.74, 6) is -2.17. The fourth-order valence-electron chi connectivity index (χ4n) is 4.79. The molecule has 0 spiro atoms. The van der Waals surface area contributed by atoms with E-state index in [0.717, 1.165) is 11.6 Å². The number of H-pyrrole nitrogens is 1. The lowest BCUT2D eigenvalue weighted by Gasteiger charge is -2.15. The number of hydrogen-bond donors (Lipinski definition) is 6. The summed E-state index contributed by atoms with van der Waals surface area (Å²) in [5.41, 5.74) is 17.8. The lowest BCUT2D eigenvalue weighted by molar-refractivity contribution is -0.275. The molecule has 0 amide bonds. The van der Waals surface area contributed by atoms with E-state index in [1.54, 1.807) is 24.3 Å². The van der Waals surface area contributed by atoms with Gasteiger partial charge in [0.05, 0.1) is 18.0 Å². The zero-order valence-electron chi connectivity index (χ0n) is 24.6. The smallest absolute Gasteiger partial charge is 0.403 e. The first-order valence-corrected chi connectivity index (χ1v) is 14.3. The van der Waals surface area contributed by atoms with Gasteiger partial charge in [0.2, 0.25) is 0 Å². The molecular formula is C30H36F4N8O3. The molecule has 45 heavy (non-hydrogen) atoms. The Hall–Kier alpha value is -4.47. The van der Waals surface area contributed by atoms with Gasteiger partial charge >= 0.3 is 12.1 Å². The third-order valence-corrected chi connectivity index (χ3v) is 7.05. The maximum Gasteiger partial charge on any atom is 0.573 e. The first-order valence-electron chi connectivity index (χ1n) is 14.3.